The third-order valence-corrected chi connectivity index (χ3v) is 3.54. The first-order valence-corrected chi connectivity index (χ1v) is 6.43. The molecule has 0 saturated carbocycles. The highest BCUT2D eigenvalue weighted by Gasteiger charge is 2.16. The second-order valence-corrected chi connectivity index (χ2v) is 4.67. The normalized spacial score (nSPS) is 10.5. The van der Waals surface area contributed by atoms with E-state index in [9.17, 15) is 4.79 Å². The molecule has 0 unspecified atom stereocenters. The first-order valence-electron chi connectivity index (χ1n) is 5.61. The van der Waals surface area contributed by atoms with Crippen LogP contribution < -0.4 is 5.32 Å². The maximum atomic E-state index is 11.7. The number of hydrogen-bond donors (Lipinski definition) is 1. The molecule has 1 amide bonds. The maximum Gasteiger partial charge on any atom is 0.263 e. The largest absolute Gasteiger partial charge is 0.354 e. The van der Waals surface area contributed by atoms with Gasteiger partial charge in [-0.2, -0.15) is 0 Å². The third kappa shape index (κ3) is 2.39. The van der Waals surface area contributed by atoms with E-state index in [1.54, 1.807) is 7.05 Å². The van der Waals surface area contributed by atoms with Gasteiger partial charge >= 0.3 is 0 Å². The monoisotopic (exact) mass is 249 g/mol. The average molecular weight is 249 g/mol. The van der Waals surface area contributed by atoms with Gasteiger partial charge in [-0.1, -0.05) is 24.7 Å². The van der Waals surface area contributed by atoms with Gasteiger partial charge in [0.2, 0.25) is 0 Å². The van der Waals surface area contributed by atoms with E-state index in [2.05, 4.69) is 17.2 Å². The van der Waals surface area contributed by atoms with Crippen LogP contribution in [-0.4, -0.2) is 22.5 Å². The second kappa shape index (κ2) is 5.14. The highest BCUT2D eigenvalue weighted by atomic mass is 32.1. The smallest absolute Gasteiger partial charge is 0.263 e. The Morgan fingerprint density at radius 3 is 2.76 bits per heavy atom. The second-order valence-electron chi connectivity index (χ2n) is 3.69. The number of nitrogens with zero attached hydrogens (tertiary/aromatic N) is 2. The lowest BCUT2D eigenvalue weighted by Gasteiger charge is -1.97. The zero-order chi connectivity index (χ0) is 12.3. The van der Waals surface area contributed by atoms with Crippen LogP contribution in [0.4, 0.5) is 0 Å². The van der Waals surface area contributed by atoms with Gasteiger partial charge in [0.15, 0.2) is 5.13 Å². The highest BCUT2D eigenvalue weighted by molar-refractivity contribution is 7.16. The SMILES string of the molecule is CCCc1nc(-n2cccc2)sc1C(=O)NC. The minimum Gasteiger partial charge on any atom is -0.354 e. The molecule has 2 aromatic rings. The molecule has 0 aliphatic heterocycles. The van der Waals surface area contributed by atoms with E-state index >= 15 is 0 Å². The van der Waals surface area contributed by atoms with Crippen molar-refractivity contribution in [2.75, 3.05) is 7.05 Å². The molecule has 2 aromatic heterocycles. The topological polar surface area (TPSA) is 46.9 Å². The zero-order valence-corrected chi connectivity index (χ0v) is 10.8. The van der Waals surface area contributed by atoms with Gasteiger partial charge < -0.3 is 9.88 Å². The van der Waals surface area contributed by atoms with Crippen LogP contribution in [0.2, 0.25) is 0 Å². The van der Waals surface area contributed by atoms with E-state index < -0.39 is 0 Å². The zero-order valence-electron chi connectivity index (χ0n) is 9.93. The van der Waals surface area contributed by atoms with Gasteiger partial charge in [-0.05, 0) is 18.6 Å². The number of thiazole rings is 1. The summed E-state index contributed by atoms with van der Waals surface area (Å²) in [5.74, 6) is -0.0515. The Hall–Kier alpha value is -1.62. The molecule has 0 aliphatic carbocycles. The highest BCUT2D eigenvalue weighted by Crippen LogP contribution is 2.23. The predicted molar refractivity (Wildman–Crippen MR) is 68.8 cm³/mol. The molecular formula is C12H15N3OS. The third-order valence-electron chi connectivity index (χ3n) is 2.43. The summed E-state index contributed by atoms with van der Waals surface area (Å²) in [7, 11) is 1.65. The van der Waals surface area contributed by atoms with Crippen LogP contribution >= 0.6 is 11.3 Å². The van der Waals surface area contributed by atoms with Crippen LogP contribution in [0.5, 0.6) is 0 Å². The standard InChI is InChI=1S/C12H15N3OS/c1-3-6-9-10(11(16)13-2)17-12(14-9)15-7-4-5-8-15/h4-5,7-8H,3,6H2,1-2H3,(H,13,16). The van der Waals surface area contributed by atoms with Crippen molar-refractivity contribution in [1.82, 2.24) is 14.9 Å². The molecule has 90 valence electrons. The lowest BCUT2D eigenvalue weighted by molar-refractivity contribution is 0.0966. The van der Waals surface area contributed by atoms with Crippen molar-refractivity contribution in [1.29, 1.82) is 0 Å². The molecular weight excluding hydrogens is 234 g/mol. The summed E-state index contributed by atoms with van der Waals surface area (Å²) in [5, 5.41) is 3.51. The van der Waals surface area contributed by atoms with Crippen LogP contribution in [-0.2, 0) is 6.42 Å². The van der Waals surface area contributed by atoms with Gasteiger partial charge in [-0.25, -0.2) is 4.98 Å². The van der Waals surface area contributed by atoms with Gasteiger partial charge in [-0.3, -0.25) is 4.79 Å². The van der Waals surface area contributed by atoms with Crippen LogP contribution in [0.25, 0.3) is 5.13 Å². The number of aromatic nitrogens is 2. The quantitative estimate of drug-likeness (QED) is 0.903. The van der Waals surface area contributed by atoms with E-state index in [1.165, 1.54) is 11.3 Å². The maximum absolute atomic E-state index is 11.7. The van der Waals surface area contributed by atoms with Crippen molar-refractivity contribution in [3.8, 4) is 5.13 Å². The Bertz CT molecular complexity index is 502. The summed E-state index contributed by atoms with van der Waals surface area (Å²) in [6.07, 6.45) is 5.68. The van der Waals surface area contributed by atoms with Crippen LogP contribution in [0.1, 0.15) is 28.7 Å². The molecule has 0 aliphatic rings. The minimum atomic E-state index is -0.0515. The Morgan fingerprint density at radius 2 is 2.18 bits per heavy atom. The van der Waals surface area contributed by atoms with Crippen LogP contribution in [0.3, 0.4) is 0 Å². The molecule has 0 saturated heterocycles. The first-order chi connectivity index (χ1) is 8.26. The van der Waals surface area contributed by atoms with Crippen molar-refractivity contribution >= 4 is 17.2 Å². The van der Waals surface area contributed by atoms with Gasteiger partial charge in [0.05, 0.1) is 5.69 Å². The molecule has 0 bridgehead atoms. The number of hydrogen-bond acceptors (Lipinski definition) is 3. The fourth-order valence-electron chi connectivity index (χ4n) is 1.61. The molecule has 0 spiro atoms. The van der Waals surface area contributed by atoms with Crippen molar-refractivity contribution in [3.63, 3.8) is 0 Å². The van der Waals surface area contributed by atoms with Crippen molar-refractivity contribution in [2.24, 2.45) is 0 Å². The van der Waals surface area contributed by atoms with E-state index in [1.807, 2.05) is 29.1 Å². The predicted octanol–water partition coefficient (Wildman–Crippen LogP) is 2.25. The number of carbonyl (C=O) groups is 1. The Balaban J connectivity index is 2.40. The molecule has 2 rings (SSSR count). The Labute approximate surface area is 104 Å². The summed E-state index contributed by atoms with van der Waals surface area (Å²) in [6, 6.07) is 3.89. The molecule has 5 heteroatoms. The molecule has 0 fully saturated rings. The molecule has 0 radical (unpaired) electrons. The minimum absolute atomic E-state index is 0.0515. The number of amides is 1. The molecule has 1 N–H and O–H groups in total. The fraction of sp³-hybridized carbons (Fsp3) is 0.333. The van der Waals surface area contributed by atoms with Gasteiger partial charge in [-0.15, -0.1) is 0 Å². The number of nitrogens with one attached hydrogen (secondary N) is 1. The van der Waals surface area contributed by atoms with Gasteiger partial charge in [0.25, 0.3) is 5.91 Å². The lowest BCUT2D eigenvalue weighted by atomic mass is 10.2. The number of rotatable bonds is 4. The number of carbonyl (C=O) groups excluding carboxylic acids is 1. The lowest BCUT2D eigenvalue weighted by Crippen LogP contribution is -2.17. The molecule has 17 heavy (non-hydrogen) atoms. The summed E-state index contributed by atoms with van der Waals surface area (Å²) in [6.45, 7) is 2.09. The van der Waals surface area contributed by atoms with Crippen molar-refractivity contribution in [3.05, 3.63) is 35.1 Å². The molecule has 2 heterocycles. The van der Waals surface area contributed by atoms with E-state index in [4.69, 9.17) is 0 Å². The van der Waals surface area contributed by atoms with E-state index in [-0.39, 0.29) is 5.91 Å². The summed E-state index contributed by atoms with van der Waals surface area (Å²) in [4.78, 5) is 17.0. The summed E-state index contributed by atoms with van der Waals surface area (Å²) < 4.78 is 1.93. The number of aryl methyl sites for hydroxylation is 1. The van der Waals surface area contributed by atoms with E-state index in [0.29, 0.717) is 0 Å². The molecule has 0 aromatic carbocycles. The van der Waals surface area contributed by atoms with Crippen molar-refractivity contribution in [2.45, 2.75) is 19.8 Å². The van der Waals surface area contributed by atoms with Crippen LogP contribution in [0.15, 0.2) is 24.5 Å². The van der Waals surface area contributed by atoms with Gasteiger partial charge in [0, 0.05) is 19.4 Å². The van der Waals surface area contributed by atoms with Crippen LogP contribution in [0, 0.1) is 0 Å². The first kappa shape index (κ1) is 11.9. The van der Waals surface area contributed by atoms with Crippen molar-refractivity contribution < 1.29 is 4.79 Å². The summed E-state index contributed by atoms with van der Waals surface area (Å²) in [5.41, 5.74) is 0.889. The fourth-order valence-corrected chi connectivity index (χ4v) is 2.63. The Kier molecular flexibility index (Phi) is 3.58. The Morgan fingerprint density at radius 1 is 1.47 bits per heavy atom. The molecule has 4 nitrogen and oxygen atoms in total. The summed E-state index contributed by atoms with van der Waals surface area (Å²) >= 11 is 1.43. The van der Waals surface area contributed by atoms with Gasteiger partial charge in [0.1, 0.15) is 4.88 Å². The molecule has 0 atom stereocenters. The average Bonchev–Trinajstić information content (AvgIpc) is 2.96. The van der Waals surface area contributed by atoms with E-state index in [0.717, 1.165) is 28.5 Å².